The Kier molecular flexibility index (Phi) is 3.87. The van der Waals surface area contributed by atoms with Gasteiger partial charge in [0.15, 0.2) is 5.15 Å². The summed E-state index contributed by atoms with van der Waals surface area (Å²) in [7, 11) is 1.73. The van der Waals surface area contributed by atoms with Gasteiger partial charge in [0.2, 0.25) is 0 Å². The minimum atomic E-state index is -0.161. The zero-order chi connectivity index (χ0) is 19.3. The van der Waals surface area contributed by atoms with Crippen LogP contribution in [-0.2, 0) is 20.0 Å². The number of carbonyl (C=O) groups excluding carboxylic acids is 1. The van der Waals surface area contributed by atoms with Crippen LogP contribution in [0.4, 0.5) is 0 Å². The van der Waals surface area contributed by atoms with E-state index in [0.717, 1.165) is 27.7 Å². The summed E-state index contributed by atoms with van der Waals surface area (Å²) in [5, 5.41) is 19.7. The van der Waals surface area contributed by atoms with Gasteiger partial charge in [-0.05, 0) is 29.3 Å². The highest BCUT2D eigenvalue weighted by atomic mass is 35.5. The second-order valence-electron chi connectivity index (χ2n) is 6.81. The third-order valence-electron chi connectivity index (χ3n) is 5.04. The minimum Gasteiger partial charge on any atom is -0.327 e. The van der Waals surface area contributed by atoms with E-state index in [2.05, 4.69) is 25.6 Å². The van der Waals surface area contributed by atoms with Crippen molar-refractivity contribution in [2.45, 2.75) is 19.0 Å². The van der Waals surface area contributed by atoms with Crippen LogP contribution in [0.25, 0.3) is 11.0 Å². The van der Waals surface area contributed by atoms with Crippen molar-refractivity contribution in [2.24, 2.45) is 7.05 Å². The lowest BCUT2D eigenvalue weighted by Gasteiger charge is -2.25. The van der Waals surface area contributed by atoms with Crippen molar-refractivity contribution in [2.75, 3.05) is 0 Å². The van der Waals surface area contributed by atoms with Crippen LogP contribution in [0.2, 0.25) is 5.15 Å². The maximum absolute atomic E-state index is 13.1. The van der Waals surface area contributed by atoms with Gasteiger partial charge in [0.25, 0.3) is 5.91 Å². The van der Waals surface area contributed by atoms with Crippen LogP contribution in [0, 0.1) is 0 Å². The van der Waals surface area contributed by atoms with Crippen LogP contribution in [0.3, 0.4) is 0 Å². The Morgan fingerprint density at radius 3 is 2.75 bits per heavy atom. The van der Waals surface area contributed by atoms with Crippen LogP contribution >= 0.6 is 11.6 Å². The molecule has 3 heterocycles. The molecule has 1 amide bonds. The fourth-order valence-corrected chi connectivity index (χ4v) is 3.99. The van der Waals surface area contributed by atoms with Crippen LogP contribution in [0.15, 0.2) is 42.5 Å². The Balaban J connectivity index is 1.52. The molecule has 0 aliphatic carbocycles. The quantitative estimate of drug-likeness (QED) is 0.575. The van der Waals surface area contributed by atoms with E-state index in [1.165, 1.54) is 4.80 Å². The first-order valence-electron chi connectivity index (χ1n) is 8.85. The topological polar surface area (TPSA) is 92.6 Å². The Labute approximate surface area is 165 Å². The van der Waals surface area contributed by atoms with Crippen LogP contribution in [-0.4, -0.2) is 41.2 Å². The third kappa shape index (κ3) is 2.73. The number of fused-ring (bicyclic) bond motifs is 2. The molecule has 8 nitrogen and oxygen atoms in total. The number of H-pyrrole nitrogens is 1. The highest BCUT2D eigenvalue weighted by Crippen LogP contribution is 2.37. The van der Waals surface area contributed by atoms with E-state index >= 15 is 0 Å². The monoisotopic (exact) mass is 393 g/mol. The molecule has 1 unspecified atom stereocenters. The normalized spacial score (nSPS) is 16.1. The third-order valence-corrected chi connectivity index (χ3v) is 5.34. The second kappa shape index (κ2) is 6.42. The molecule has 28 heavy (non-hydrogen) atoms. The number of amides is 1. The molecular weight excluding hydrogens is 378 g/mol. The van der Waals surface area contributed by atoms with Gasteiger partial charge in [0.05, 0.1) is 6.04 Å². The van der Waals surface area contributed by atoms with Crippen molar-refractivity contribution in [1.29, 1.82) is 0 Å². The molecular formula is C19H16ClN7O. The summed E-state index contributed by atoms with van der Waals surface area (Å²) in [5.74, 6) is 0.000799. The van der Waals surface area contributed by atoms with Gasteiger partial charge in [0, 0.05) is 25.6 Å². The second-order valence-corrected chi connectivity index (χ2v) is 7.17. The van der Waals surface area contributed by atoms with E-state index in [1.54, 1.807) is 7.05 Å². The molecule has 2 aromatic carbocycles. The van der Waals surface area contributed by atoms with Crippen LogP contribution in [0.5, 0.6) is 0 Å². The van der Waals surface area contributed by atoms with Crippen molar-refractivity contribution in [3.8, 4) is 0 Å². The fourth-order valence-electron chi connectivity index (χ4n) is 3.76. The summed E-state index contributed by atoms with van der Waals surface area (Å²) in [6, 6.07) is 13.3. The number of nitrogens with one attached hydrogen (secondary N) is 1. The molecule has 1 atom stereocenters. The number of rotatable bonds is 4. The SMILES string of the molecule is Cn1nc(Cl)c(CC2c3ccccc3C(=O)N2Cc2ccc3n[nH]nc3c2)n1. The molecule has 1 N–H and O–H groups in total. The Bertz CT molecular complexity index is 1200. The molecule has 0 radical (unpaired) electrons. The highest BCUT2D eigenvalue weighted by Gasteiger charge is 2.37. The zero-order valence-electron chi connectivity index (χ0n) is 15.0. The first-order valence-corrected chi connectivity index (χ1v) is 9.23. The summed E-state index contributed by atoms with van der Waals surface area (Å²) < 4.78 is 0. The van der Waals surface area contributed by atoms with Gasteiger partial charge in [-0.3, -0.25) is 4.79 Å². The molecule has 0 spiro atoms. The lowest BCUT2D eigenvalue weighted by atomic mass is 10.0. The summed E-state index contributed by atoms with van der Waals surface area (Å²) in [5.41, 5.74) is 4.93. The smallest absolute Gasteiger partial charge is 0.255 e. The van der Waals surface area contributed by atoms with Gasteiger partial charge < -0.3 is 4.90 Å². The molecule has 4 aromatic rings. The first-order chi connectivity index (χ1) is 13.6. The molecule has 5 rings (SSSR count). The maximum atomic E-state index is 13.1. The van der Waals surface area contributed by atoms with Crippen LogP contribution < -0.4 is 0 Å². The lowest BCUT2D eigenvalue weighted by molar-refractivity contribution is 0.0708. The number of nitrogens with zero attached hydrogens (tertiary/aromatic N) is 6. The van der Waals surface area contributed by atoms with Crippen molar-refractivity contribution in [1.82, 2.24) is 35.3 Å². The molecule has 0 saturated carbocycles. The Hall–Kier alpha value is -3.26. The van der Waals surface area contributed by atoms with E-state index in [-0.39, 0.29) is 11.9 Å². The molecule has 0 bridgehead atoms. The number of aryl methyl sites for hydroxylation is 1. The van der Waals surface area contributed by atoms with E-state index < -0.39 is 0 Å². The minimum absolute atomic E-state index is 0.000799. The number of aromatic amines is 1. The molecule has 2 aromatic heterocycles. The van der Waals surface area contributed by atoms with Gasteiger partial charge in [-0.25, -0.2) is 0 Å². The average Bonchev–Trinajstić information content (AvgIpc) is 3.35. The van der Waals surface area contributed by atoms with Crippen molar-refractivity contribution >= 4 is 28.5 Å². The molecule has 1 aliphatic rings. The van der Waals surface area contributed by atoms with Gasteiger partial charge >= 0.3 is 0 Å². The van der Waals surface area contributed by atoms with Crippen LogP contribution in [0.1, 0.15) is 33.2 Å². The van der Waals surface area contributed by atoms with Crippen molar-refractivity contribution in [3.63, 3.8) is 0 Å². The molecule has 0 fully saturated rings. The number of hydrogen-bond donors (Lipinski definition) is 1. The summed E-state index contributed by atoms with van der Waals surface area (Å²) >= 11 is 6.23. The Morgan fingerprint density at radius 2 is 1.93 bits per heavy atom. The lowest BCUT2D eigenvalue weighted by Crippen LogP contribution is -2.29. The number of hydrogen-bond acceptors (Lipinski definition) is 5. The van der Waals surface area contributed by atoms with E-state index in [1.807, 2.05) is 47.4 Å². The van der Waals surface area contributed by atoms with Crippen molar-refractivity contribution in [3.05, 3.63) is 70.0 Å². The maximum Gasteiger partial charge on any atom is 0.255 e. The zero-order valence-corrected chi connectivity index (χ0v) is 15.8. The summed E-state index contributed by atoms with van der Waals surface area (Å²) in [6.45, 7) is 0.457. The predicted molar refractivity (Wildman–Crippen MR) is 103 cm³/mol. The first kappa shape index (κ1) is 16.9. The highest BCUT2D eigenvalue weighted by molar-refractivity contribution is 6.30. The number of benzene rings is 2. The standard InChI is InChI=1S/C19H16ClN7O/c1-26-23-16(18(20)24-26)9-17-12-4-2-3-5-13(12)19(28)27(17)10-11-6-7-14-15(8-11)22-25-21-14/h2-8,17H,9-10H2,1H3,(H,21,22,25). The molecule has 0 saturated heterocycles. The van der Waals surface area contributed by atoms with E-state index in [4.69, 9.17) is 11.6 Å². The van der Waals surface area contributed by atoms with Gasteiger partial charge in [-0.15, -0.1) is 5.10 Å². The van der Waals surface area contributed by atoms with Gasteiger partial charge in [-0.1, -0.05) is 35.9 Å². The molecule has 9 heteroatoms. The fraction of sp³-hybridized carbons (Fsp3) is 0.211. The Morgan fingerprint density at radius 1 is 1.11 bits per heavy atom. The van der Waals surface area contributed by atoms with E-state index in [0.29, 0.717) is 23.8 Å². The number of aromatic nitrogens is 6. The van der Waals surface area contributed by atoms with Crippen molar-refractivity contribution < 1.29 is 4.79 Å². The number of carbonyl (C=O) groups is 1. The largest absolute Gasteiger partial charge is 0.327 e. The number of halogens is 1. The molecule has 140 valence electrons. The van der Waals surface area contributed by atoms with Gasteiger partial charge in [-0.2, -0.15) is 25.3 Å². The average molecular weight is 394 g/mol. The summed E-state index contributed by atoms with van der Waals surface area (Å²) in [4.78, 5) is 16.4. The van der Waals surface area contributed by atoms with Gasteiger partial charge in [0.1, 0.15) is 16.7 Å². The van der Waals surface area contributed by atoms with E-state index in [9.17, 15) is 4.79 Å². The summed E-state index contributed by atoms with van der Waals surface area (Å²) in [6.07, 6.45) is 0.502. The predicted octanol–water partition coefficient (Wildman–Crippen LogP) is 2.68. The molecule has 1 aliphatic heterocycles.